The van der Waals surface area contributed by atoms with Crippen molar-refractivity contribution in [3.8, 4) is 0 Å². The minimum atomic E-state index is -4.45. The van der Waals surface area contributed by atoms with Gasteiger partial charge in [0.15, 0.2) is 5.11 Å². The molecule has 0 aromatic carbocycles. The van der Waals surface area contributed by atoms with E-state index in [0.717, 1.165) is 0 Å². The van der Waals surface area contributed by atoms with E-state index in [2.05, 4.69) is 16.0 Å². The fourth-order valence-electron chi connectivity index (χ4n) is 2.47. The van der Waals surface area contributed by atoms with Gasteiger partial charge in [-0.15, -0.1) is 0 Å². The third-order valence-corrected chi connectivity index (χ3v) is 4.02. The van der Waals surface area contributed by atoms with Crippen molar-refractivity contribution < 1.29 is 22.8 Å². The molecule has 1 rings (SSSR count). The lowest BCUT2D eigenvalue weighted by molar-refractivity contribution is -0.126. The fourth-order valence-corrected chi connectivity index (χ4v) is 3.17. The van der Waals surface area contributed by atoms with Crippen molar-refractivity contribution in [2.75, 3.05) is 0 Å². The van der Waals surface area contributed by atoms with Gasteiger partial charge in [0.05, 0.1) is 12.3 Å². The van der Waals surface area contributed by atoms with Gasteiger partial charge in [0, 0.05) is 16.0 Å². The highest BCUT2D eigenvalue weighted by atomic mass is 35.5. The Kier molecular flexibility index (Phi) is 6.17. The van der Waals surface area contributed by atoms with Gasteiger partial charge in [-0.1, -0.05) is 25.4 Å². The molecular formula is C15H21ClF3N3O2S. The summed E-state index contributed by atoms with van der Waals surface area (Å²) in [6.07, 6.45) is -5.74. The molecule has 5 nitrogen and oxygen atoms in total. The summed E-state index contributed by atoms with van der Waals surface area (Å²) in [5.74, 6) is -1.44. The topological polar surface area (TPSA) is 70.2 Å². The van der Waals surface area contributed by atoms with E-state index in [1.807, 2.05) is 0 Å². The lowest BCUT2D eigenvalue weighted by atomic mass is 10.1. The zero-order valence-electron chi connectivity index (χ0n) is 14.5. The molecule has 0 saturated heterocycles. The lowest BCUT2D eigenvalue weighted by Gasteiger charge is -2.20. The van der Waals surface area contributed by atoms with Gasteiger partial charge in [0.25, 0.3) is 0 Å². The molecule has 0 radical (unpaired) electrons. The third kappa shape index (κ3) is 6.47. The van der Waals surface area contributed by atoms with Crippen LogP contribution >= 0.6 is 23.8 Å². The van der Waals surface area contributed by atoms with E-state index in [1.54, 1.807) is 34.6 Å². The minimum Gasteiger partial charge on any atom is -0.333 e. The quantitative estimate of drug-likeness (QED) is 0.621. The highest BCUT2D eigenvalue weighted by Gasteiger charge is 2.59. The molecule has 0 heterocycles. The largest absolute Gasteiger partial charge is 0.393 e. The summed E-state index contributed by atoms with van der Waals surface area (Å²) < 4.78 is 37.4. The Labute approximate surface area is 154 Å². The van der Waals surface area contributed by atoms with Crippen LogP contribution in [0.2, 0.25) is 0 Å². The number of urea groups is 1. The summed E-state index contributed by atoms with van der Waals surface area (Å²) in [7, 11) is 0. The van der Waals surface area contributed by atoms with Gasteiger partial charge in [-0.2, -0.15) is 13.2 Å². The molecule has 25 heavy (non-hydrogen) atoms. The summed E-state index contributed by atoms with van der Waals surface area (Å²) >= 11 is 10.6. The van der Waals surface area contributed by atoms with Crippen LogP contribution in [0.4, 0.5) is 18.0 Å². The van der Waals surface area contributed by atoms with E-state index >= 15 is 0 Å². The maximum Gasteiger partial charge on any atom is 0.393 e. The molecular weight excluding hydrogens is 379 g/mol. The maximum absolute atomic E-state index is 12.5. The van der Waals surface area contributed by atoms with Crippen LogP contribution < -0.4 is 16.0 Å². The Hall–Kier alpha value is -1.35. The second-order valence-electron chi connectivity index (χ2n) is 7.41. The number of halogens is 4. The average molecular weight is 400 g/mol. The number of carbonyl (C=O) groups excluding carboxylic acids is 2. The molecule has 1 saturated carbocycles. The fraction of sp³-hybridized carbons (Fsp3) is 0.667. The van der Waals surface area contributed by atoms with Crippen LogP contribution in [-0.4, -0.2) is 28.8 Å². The van der Waals surface area contributed by atoms with Crippen molar-refractivity contribution in [1.82, 2.24) is 16.0 Å². The average Bonchev–Trinajstić information content (AvgIpc) is 2.86. The van der Waals surface area contributed by atoms with E-state index in [4.69, 9.17) is 23.8 Å². The van der Waals surface area contributed by atoms with Crippen molar-refractivity contribution >= 4 is 40.9 Å². The predicted octanol–water partition coefficient (Wildman–Crippen LogP) is 3.59. The Morgan fingerprint density at radius 3 is 2.16 bits per heavy atom. The molecule has 3 amide bonds. The summed E-state index contributed by atoms with van der Waals surface area (Å²) in [6, 6.07) is -0.598. The zero-order chi connectivity index (χ0) is 19.8. The molecule has 3 N–H and O–H groups in total. The van der Waals surface area contributed by atoms with E-state index in [-0.39, 0.29) is 15.7 Å². The van der Waals surface area contributed by atoms with Gasteiger partial charge >= 0.3 is 12.2 Å². The van der Waals surface area contributed by atoms with Crippen LogP contribution in [0, 0.1) is 11.3 Å². The maximum atomic E-state index is 12.5. The molecule has 1 unspecified atom stereocenters. The van der Waals surface area contributed by atoms with Crippen LogP contribution in [0.5, 0.6) is 0 Å². The van der Waals surface area contributed by atoms with Gasteiger partial charge in [-0.05, 0) is 38.6 Å². The molecule has 1 atom stereocenters. The highest BCUT2D eigenvalue weighted by Crippen LogP contribution is 2.60. The second-order valence-corrected chi connectivity index (χ2v) is 8.28. The molecule has 0 aromatic rings. The van der Waals surface area contributed by atoms with E-state index in [0.29, 0.717) is 0 Å². The molecule has 1 aliphatic rings. The Morgan fingerprint density at radius 1 is 1.20 bits per heavy atom. The summed E-state index contributed by atoms with van der Waals surface area (Å²) in [6.45, 7) is 8.53. The Bertz CT molecular complexity index is 624. The number of thiocarbonyl (C=S) groups is 1. The Balaban J connectivity index is 2.70. The molecule has 0 aliphatic heterocycles. The molecule has 142 valence electrons. The summed E-state index contributed by atoms with van der Waals surface area (Å²) in [4.78, 5) is 23.9. The minimum absolute atomic E-state index is 0.228. The standard InChI is InChI=1S/C15H21ClF3N3O2S/c1-13(2,3)22-11(24)21-12(25)20-10(23)9-8(14(9,4)5)7(16)6-15(17,18)19/h9H,6H2,1-5H3,(H3,20,21,22,23,24,25)/b8-7-. The SMILES string of the molecule is CC(C)(C)NC(=O)NC(=S)NC(=O)C1/C(=C(/Cl)CC(F)(F)F)C1(C)C. The third-order valence-electron chi connectivity index (χ3n) is 3.48. The number of amides is 3. The van der Waals surface area contributed by atoms with Crippen molar-refractivity contribution in [2.24, 2.45) is 11.3 Å². The summed E-state index contributed by atoms with van der Waals surface area (Å²) in [5, 5.41) is 6.56. The van der Waals surface area contributed by atoms with Crippen LogP contribution in [0.3, 0.4) is 0 Å². The smallest absolute Gasteiger partial charge is 0.333 e. The van der Waals surface area contributed by atoms with Crippen LogP contribution in [0.15, 0.2) is 10.6 Å². The van der Waals surface area contributed by atoms with Crippen molar-refractivity contribution in [1.29, 1.82) is 0 Å². The van der Waals surface area contributed by atoms with Gasteiger partial charge in [-0.25, -0.2) is 4.79 Å². The second kappa shape index (κ2) is 7.11. The van der Waals surface area contributed by atoms with Crippen LogP contribution in [-0.2, 0) is 4.79 Å². The zero-order valence-corrected chi connectivity index (χ0v) is 16.1. The number of nitrogens with one attached hydrogen (secondary N) is 3. The van der Waals surface area contributed by atoms with Crippen molar-refractivity contribution in [3.05, 3.63) is 10.6 Å². The molecule has 1 fully saturated rings. The lowest BCUT2D eigenvalue weighted by Crippen LogP contribution is -2.51. The van der Waals surface area contributed by atoms with Crippen LogP contribution in [0.25, 0.3) is 0 Å². The van der Waals surface area contributed by atoms with Gasteiger partial charge in [0.2, 0.25) is 5.91 Å². The van der Waals surface area contributed by atoms with Crippen molar-refractivity contribution in [2.45, 2.75) is 52.8 Å². The van der Waals surface area contributed by atoms with Gasteiger partial charge in [0.1, 0.15) is 0 Å². The number of alkyl halides is 3. The van der Waals surface area contributed by atoms with E-state index in [9.17, 15) is 22.8 Å². The first-order chi connectivity index (χ1) is 11.0. The number of carbonyl (C=O) groups is 2. The monoisotopic (exact) mass is 399 g/mol. The predicted molar refractivity (Wildman–Crippen MR) is 93.0 cm³/mol. The van der Waals surface area contributed by atoms with Crippen molar-refractivity contribution in [3.63, 3.8) is 0 Å². The number of hydrogen-bond acceptors (Lipinski definition) is 3. The molecule has 1 aliphatic carbocycles. The van der Waals surface area contributed by atoms with Crippen LogP contribution in [0.1, 0.15) is 41.0 Å². The van der Waals surface area contributed by atoms with Gasteiger partial charge < -0.3 is 10.6 Å². The highest BCUT2D eigenvalue weighted by molar-refractivity contribution is 7.80. The first-order valence-corrected chi connectivity index (χ1v) is 8.23. The molecule has 0 aromatic heterocycles. The Morgan fingerprint density at radius 2 is 1.72 bits per heavy atom. The van der Waals surface area contributed by atoms with E-state index < -0.39 is 41.4 Å². The normalized spacial score (nSPS) is 21.2. The summed E-state index contributed by atoms with van der Waals surface area (Å²) in [5.41, 5.74) is -1.07. The first kappa shape index (κ1) is 21.7. The van der Waals surface area contributed by atoms with E-state index in [1.165, 1.54) is 0 Å². The first-order valence-electron chi connectivity index (χ1n) is 7.44. The molecule has 0 spiro atoms. The van der Waals surface area contributed by atoms with Gasteiger partial charge in [-0.3, -0.25) is 10.1 Å². The molecule has 10 heteroatoms. The number of hydrogen-bond donors (Lipinski definition) is 3. The molecule has 0 bridgehead atoms. The number of allylic oxidation sites excluding steroid dienone is 1. The number of rotatable bonds is 2.